The molecule has 0 spiro atoms. The van der Waals surface area contributed by atoms with Crippen molar-refractivity contribution in [2.75, 3.05) is 19.8 Å². The molecule has 0 radical (unpaired) electrons. The minimum Gasteiger partial charge on any atom is -0.465 e. The molecule has 1 atom stereocenters. The largest absolute Gasteiger partial charge is 0.465 e. The van der Waals surface area contributed by atoms with Crippen molar-refractivity contribution in [3.63, 3.8) is 0 Å². The number of nitrogens with zero attached hydrogens (tertiary/aromatic N) is 5. The minimum atomic E-state index is -0.417. The lowest BCUT2D eigenvalue weighted by Gasteiger charge is -2.30. The van der Waals surface area contributed by atoms with Gasteiger partial charge in [0.25, 0.3) is 5.56 Å². The van der Waals surface area contributed by atoms with Gasteiger partial charge in [-0.15, -0.1) is 5.10 Å². The van der Waals surface area contributed by atoms with E-state index < -0.39 is 5.97 Å². The lowest BCUT2D eigenvalue weighted by atomic mass is 10.0. The molecule has 10 heteroatoms. The summed E-state index contributed by atoms with van der Waals surface area (Å²) in [6.45, 7) is 8.85. The number of fused-ring (bicyclic) bond motifs is 1. The number of pyridine rings is 1. The van der Waals surface area contributed by atoms with E-state index in [2.05, 4.69) is 31.5 Å². The van der Waals surface area contributed by atoms with E-state index in [1.54, 1.807) is 6.92 Å². The number of carbonyl (C=O) groups excluding carboxylic acids is 1. The summed E-state index contributed by atoms with van der Waals surface area (Å²) in [6, 6.07) is 5.77. The Hall–Kier alpha value is -3.11. The van der Waals surface area contributed by atoms with Crippen LogP contribution >= 0.6 is 0 Å². The van der Waals surface area contributed by atoms with Crippen LogP contribution in [0.25, 0.3) is 10.9 Å². The van der Waals surface area contributed by atoms with Crippen molar-refractivity contribution in [2.24, 2.45) is 0 Å². The number of aliphatic hydroxyl groups is 1. The molecule has 0 aliphatic heterocycles. The summed E-state index contributed by atoms with van der Waals surface area (Å²) in [6.07, 6.45) is 1.18. The number of esters is 1. The Morgan fingerprint density at radius 3 is 2.76 bits per heavy atom. The number of rotatable bonds is 11. The van der Waals surface area contributed by atoms with Crippen molar-refractivity contribution in [2.45, 2.75) is 59.7 Å². The highest BCUT2D eigenvalue weighted by molar-refractivity contribution is 5.82. The molecule has 0 amide bonds. The minimum absolute atomic E-state index is 0.0210. The molecule has 3 rings (SSSR count). The lowest BCUT2D eigenvalue weighted by molar-refractivity contribution is -0.144. The van der Waals surface area contributed by atoms with Crippen LogP contribution < -0.4 is 5.56 Å². The number of ether oxygens (including phenoxy) is 1. The maximum atomic E-state index is 12.9. The van der Waals surface area contributed by atoms with Gasteiger partial charge in [-0.05, 0) is 67.1 Å². The van der Waals surface area contributed by atoms with Crippen molar-refractivity contribution in [3.8, 4) is 0 Å². The molecule has 1 aromatic carbocycles. The van der Waals surface area contributed by atoms with Crippen LogP contribution in [-0.4, -0.2) is 60.9 Å². The van der Waals surface area contributed by atoms with Gasteiger partial charge >= 0.3 is 5.97 Å². The number of nitrogens with one attached hydrogen (secondary N) is 1. The first-order chi connectivity index (χ1) is 15.9. The van der Waals surface area contributed by atoms with Crippen molar-refractivity contribution < 1.29 is 14.6 Å². The zero-order valence-corrected chi connectivity index (χ0v) is 19.7. The molecule has 2 N–H and O–H groups in total. The Morgan fingerprint density at radius 1 is 1.27 bits per heavy atom. The highest BCUT2D eigenvalue weighted by atomic mass is 16.5. The molecule has 33 heavy (non-hydrogen) atoms. The number of aromatic nitrogens is 5. The molecule has 0 aliphatic carbocycles. The molecule has 178 valence electrons. The maximum Gasteiger partial charge on any atom is 0.327 e. The van der Waals surface area contributed by atoms with E-state index in [0.717, 1.165) is 22.0 Å². The average Bonchev–Trinajstić information content (AvgIpc) is 3.21. The van der Waals surface area contributed by atoms with Crippen molar-refractivity contribution >= 4 is 16.9 Å². The molecule has 10 nitrogen and oxygen atoms in total. The third-order valence-corrected chi connectivity index (χ3v) is 5.62. The molecule has 0 unspecified atom stereocenters. The van der Waals surface area contributed by atoms with Gasteiger partial charge in [-0.2, -0.15) is 0 Å². The van der Waals surface area contributed by atoms with E-state index in [4.69, 9.17) is 4.74 Å². The van der Waals surface area contributed by atoms with Gasteiger partial charge in [0.15, 0.2) is 5.82 Å². The number of aromatic amines is 1. The van der Waals surface area contributed by atoms with Gasteiger partial charge in [-0.3, -0.25) is 14.5 Å². The molecule has 0 bridgehead atoms. The molecule has 0 aliphatic rings. The number of H-pyrrole nitrogens is 1. The van der Waals surface area contributed by atoms with E-state index in [1.807, 2.05) is 32.9 Å². The number of benzene rings is 1. The van der Waals surface area contributed by atoms with Gasteiger partial charge in [-0.25, -0.2) is 4.68 Å². The Labute approximate surface area is 192 Å². The topological polar surface area (TPSA) is 126 Å². The van der Waals surface area contributed by atoms with E-state index in [9.17, 15) is 14.7 Å². The number of aryl methyl sites for hydroxylation is 2. The van der Waals surface area contributed by atoms with Gasteiger partial charge in [0.05, 0.1) is 18.2 Å². The van der Waals surface area contributed by atoms with Crippen LogP contribution in [0.2, 0.25) is 0 Å². The second kappa shape index (κ2) is 11.2. The van der Waals surface area contributed by atoms with Crippen molar-refractivity contribution in [1.29, 1.82) is 0 Å². The molecule has 0 saturated heterocycles. The predicted molar refractivity (Wildman–Crippen MR) is 124 cm³/mol. The Balaban J connectivity index is 1.95. The summed E-state index contributed by atoms with van der Waals surface area (Å²) < 4.78 is 6.47. The second-order valence-electron chi connectivity index (χ2n) is 8.14. The summed E-state index contributed by atoms with van der Waals surface area (Å²) in [4.78, 5) is 30.0. The summed E-state index contributed by atoms with van der Waals surface area (Å²) in [5.74, 6) is 0.104. The Bertz CT molecular complexity index is 1160. The third-order valence-electron chi connectivity index (χ3n) is 5.62. The highest BCUT2D eigenvalue weighted by Gasteiger charge is 2.26. The van der Waals surface area contributed by atoms with E-state index >= 15 is 0 Å². The predicted octanol–water partition coefficient (Wildman–Crippen LogP) is 2.03. The summed E-state index contributed by atoms with van der Waals surface area (Å²) in [5, 5.41) is 22.3. The fraction of sp³-hybridized carbons (Fsp3) is 0.522. The van der Waals surface area contributed by atoms with Gasteiger partial charge < -0.3 is 14.8 Å². The summed E-state index contributed by atoms with van der Waals surface area (Å²) in [7, 11) is 0. The number of carbonyl (C=O) groups is 1. The van der Waals surface area contributed by atoms with Crippen LogP contribution in [-0.2, 0) is 22.6 Å². The average molecular weight is 457 g/mol. The monoisotopic (exact) mass is 456 g/mol. The standard InChI is InChI=1S/C23H32N6O4/c1-5-19(22-25-26-27-29(22)14-20(31)33-6-2)28(8-7-9-30)13-18-12-17-11-15(3)10-16(4)21(17)24-23(18)32/h10-12,19,30H,5-9,13-14H2,1-4H3,(H,24,32)/t19-/m1/s1. The van der Waals surface area contributed by atoms with Crippen LogP contribution in [0.3, 0.4) is 0 Å². The molecule has 2 heterocycles. The lowest BCUT2D eigenvalue weighted by Crippen LogP contribution is -2.34. The SMILES string of the molecule is CCOC(=O)Cn1nnnc1[C@@H](CC)N(CCCO)Cc1cc2cc(C)cc(C)c2[nH]c1=O. The molecular weight excluding hydrogens is 424 g/mol. The van der Waals surface area contributed by atoms with Crippen molar-refractivity contribution in [3.05, 3.63) is 51.1 Å². The first kappa shape index (κ1) is 24.5. The number of hydrogen-bond acceptors (Lipinski definition) is 8. The van der Waals surface area contributed by atoms with Crippen LogP contribution in [0, 0.1) is 13.8 Å². The maximum absolute atomic E-state index is 12.9. The van der Waals surface area contributed by atoms with Gasteiger partial charge in [0.2, 0.25) is 0 Å². The normalized spacial score (nSPS) is 12.4. The smallest absolute Gasteiger partial charge is 0.327 e. The Kier molecular flexibility index (Phi) is 8.29. The highest BCUT2D eigenvalue weighted by Crippen LogP contribution is 2.25. The summed E-state index contributed by atoms with van der Waals surface area (Å²) >= 11 is 0. The van der Waals surface area contributed by atoms with Crippen LogP contribution in [0.1, 0.15) is 55.2 Å². The number of tetrazole rings is 1. The number of hydrogen-bond donors (Lipinski definition) is 2. The molecule has 2 aromatic heterocycles. The first-order valence-corrected chi connectivity index (χ1v) is 11.3. The van der Waals surface area contributed by atoms with E-state index in [-0.39, 0.29) is 31.4 Å². The fourth-order valence-corrected chi connectivity index (χ4v) is 4.18. The van der Waals surface area contributed by atoms with E-state index in [1.165, 1.54) is 4.68 Å². The molecule has 0 saturated carbocycles. The van der Waals surface area contributed by atoms with Gasteiger partial charge in [-0.1, -0.05) is 18.6 Å². The molecular formula is C23H32N6O4. The molecule has 0 fully saturated rings. The van der Waals surface area contributed by atoms with Crippen molar-refractivity contribution in [1.82, 2.24) is 30.1 Å². The number of aliphatic hydroxyl groups excluding tert-OH is 1. The zero-order chi connectivity index (χ0) is 24.0. The summed E-state index contributed by atoms with van der Waals surface area (Å²) in [5.41, 5.74) is 3.45. The van der Waals surface area contributed by atoms with Crippen LogP contribution in [0.15, 0.2) is 23.0 Å². The fourth-order valence-electron chi connectivity index (χ4n) is 4.18. The molecule has 3 aromatic rings. The van der Waals surface area contributed by atoms with Gasteiger partial charge in [0, 0.05) is 25.3 Å². The van der Waals surface area contributed by atoms with Crippen LogP contribution in [0.5, 0.6) is 0 Å². The van der Waals surface area contributed by atoms with Gasteiger partial charge in [0.1, 0.15) is 6.54 Å². The quantitative estimate of drug-likeness (QED) is 0.420. The first-order valence-electron chi connectivity index (χ1n) is 11.3. The third kappa shape index (κ3) is 5.82. The second-order valence-corrected chi connectivity index (χ2v) is 8.14. The van der Waals surface area contributed by atoms with E-state index in [0.29, 0.717) is 37.3 Å². The zero-order valence-electron chi connectivity index (χ0n) is 19.7. The van der Waals surface area contributed by atoms with Crippen LogP contribution in [0.4, 0.5) is 0 Å². The Morgan fingerprint density at radius 2 is 2.06 bits per heavy atom.